The lowest BCUT2D eigenvalue weighted by Gasteiger charge is -2.25. The molecule has 0 N–H and O–H groups in total. The summed E-state index contributed by atoms with van der Waals surface area (Å²) in [5.74, 6) is 1.15. The number of benzene rings is 2. The van der Waals surface area contributed by atoms with E-state index < -0.39 is 0 Å². The predicted octanol–water partition coefficient (Wildman–Crippen LogP) is 2.55. The van der Waals surface area contributed by atoms with Crippen LogP contribution in [0.3, 0.4) is 0 Å². The van der Waals surface area contributed by atoms with Gasteiger partial charge in [0.1, 0.15) is 5.71 Å². The molecule has 0 aromatic heterocycles. The van der Waals surface area contributed by atoms with E-state index in [0.29, 0.717) is 36.7 Å². The van der Waals surface area contributed by atoms with E-state index in [9.17, 15) is 9.59 Å². The molecule has 2 aromatic carbocycles. The molecule has 2 amide bonds. The summed E-state index contributed by atoms with van der Waals surface area (Å²) >= 11 is 0. The van der Waals surface area contributed by atoms with Crippen LogP contribution in [0.15, 0.2) is 53.6 Å². The van der Waals surface area contributed by atoms with Gasteiger partial charge in [0.25, 0.3) is 5.91 Å². The van der Waals surface area contributed by atoms with Crippen LogP contribution in [-0.2, 0) is 22.7 Å². The highest BCUT2D eigenvalue weighted by molar-refractivity contribution is 6.39. The zero-order valence-corrected chi connectivity index (χ0v) is 15.6. The summed E-state index contributed by atoms with van der Waals surface area (Å²) in [5.41, 5.74) is 2.31. The maximum atomic E-state index is 12.8. The van der Waals surface area contributed by atoms with E-state index in [1.807, 2.05) is 48.5 Å². The molecular weight excluding hydrogens is 358 g/mol. The molecule has 2 aromatic rings. The highest BCUT2D eigenvalue weighted by Gasteiger charge is 2.26. The first-order chi connectivity index (χ1) is 13.6. The number of carbonyl (C=O) groups is 2. The van der Waals surface area contributed by atoms with E-state index in [1.54, 1.807) is 11.9 Å². The molecule has 4 rings (SSSR count). The van der Waals surface area contributed by atoms with Crippen LogP contribution < -0.4 is 9.47 Å². The zero-order valence-electron chi connectivity index (χ0n) is 15.6. The summed E-state index contributed by atoms with van der Waals surface area (Å²) in [5, 5.41) is 5.73. The Balaban J connectivity index is 1.45. The first kappa shape index (κ1) is 18.0. The maximum absolute atomic E-state index is 12.8. The van der Waals surface area contributed by atoms with Crippen LogP contribution in [0.2, 0.25) is 0 Å². The van der Waals surface area contributed by atoms with E-state index in [2.05, 4.69) is 5.10 Å². The molecule has 0 bridgehead atoms. The van der Waals surface area contributed by atoms with Crippen molar-refractivity contribution in [3.05, 3.63) is 59.7 Å². The van der Waals surface area contributed by atoms with Crippen LogP contribution in [0.1, 0.15) is 24.0 Å². The Labute approximate surface area is 163 Å². The van der Waals surface area contributed by atoms with Crippen LogP contribution in [0, 0.1) is 0 Å². The van der Waals surface area contributed by atoms with Gasteiger partial charge in [0.15, 0.2) is 11.5 Å². The van der Waals surface area contributed by atoms with Crippen molar-refractivity contribution in [1.82, 2.24) is 9.91 Å². The van der Waals surface area contributed by atoms with Gasteiger partial charge in [0, 0.05) is 26.4 Å². The fraction of sp³-hybridized carbons (Fsp3) is 0.286. The Kier molecular flexibility index (Phi) is 4.97. The van der Waals surface area contributed by atoms with Crippen LogP contribution in [0.4, 0.5) is 0 Å². The predicted molar refractivity (Wildman–Crippen MR) is 103 cm³/mol. The third-order valence-electron chi connectivity index (χ3n) is 4.73. The number of carbonyl (C=O) groups excluding carboxylic acids is 2. The van der Waals surface area contributed by atoms with Gasteiger partial charge < -0.3 is 14.4 Å². The number of amides is 2. The summed E-state index contributed by atoms with van der Waals surface area (Å²) in [4.78, 5) is 26.7. The van der Waals surface area contributed by atoms with Crippen molar-refractivity contribution in [3.63, 3.8) is 0 Å². The number of rotatable bonds is 5. The van der Waals surface area contributed by atoms with Gasteiger partial charge in [-0.3, -0.25) is 9.59 Å². The Bertz CT molecular complexity index is 927. The van der Waals surface area contributed by atoms with E-state index in [4.69, 9.17) is 9.47 Å². The van der Waals surface area contributed by atoms with Crippen molar-refractivity contribution < 1.29 is 19.1 Å². The van der Waals surface area contributed by atoms with Crippen molar-refractivity contribution in [1.29, 1.82) is 0 Å². The standard InChI is InChI=1S/C21H21N3O4/c1-23(12-16-7-9-18-19(11-16)28-14-27-18)21(26)17-8-10-20(25)24(22-17)13-15-5-3-2-4-6-15/h2-7,9,11H,8,10,12-14H2,1H3. The molecule has 7 heteroatoms. The van der Waals surface area contributed by atoms with Crippen LogP contribution in [0.5, 0.6) is 11.5 Å². The second-order valence-electron chi connectivity index (χ2n) is 6.83. The van der Waals surface area contributed by atoms with Crippen molar-refractivity contribution in [3.8, 4) is 11.5 Å². The monoisotopic (exact) mass is 379 g/mol. The highest BCUT2D eigenvalue weighted by atomic mass is 16.7. The summed E-state index contributed by atoms with van der Waals surface area (Å²) in [6.07, 6.45) is 0.643. The second kappa shape index (κ2) is 7.72. The van der Waals surface area contributed by atoms with E-state index in [0.717, 1.165) is 11.1 Å². The Morgan fingerprint density at radius 2 is 1.86 bits per heavy atom. The van der Waals surface area contributed by atoms with Crippen LogP contribution in [-0.4, -0.2) is 41.3 Å². The lowest BCUT2D eigenvalue weighted by molar-refractivity contribution is -0.132. The fourth-order valence-electron chi connectivity index (χ4n) is 3.24. The summed E-state index contributed by atoms with van der Waals surface area (Å²) in [6.45, 7) is 0.999. The topological polar surface area (TPSA) is 71.4 Å². The molecule has 144 valence electrons. The highest BCUT2D eigenvalue weighted by Crippen LogP contribution is 2.32. The van der Waals surface area contributed by atoms with Gasteiger partial charge in [-0.05, 0) is 23.3 Å². The van der Waals surface area contributed by atoms with E-state index in [1.165, 1.54) is 5.01 Å². The Hall–Kier alpha value is -3.35. The van der Waals surface area contributed by atoms with Gasteiger partial charge in [-0.25, -0.2) is 5.01 Å². The van der Waals surface area contributed by atoms with Crippen molar-refractivity contribution >= 4 is 17.5 Å². The molecule has 0 saturated heterocycles. The molecule has 2 aliphatic heterocycles. The summed E-state index contributed by atoms with van der Waals surface area (Å²) in [7, 11) is 1.73. The molecule has 2 aliphatic rings. The van der Waals surface area contributed by atoms with Crippen LogP contribution in [0.25, 0.3) is 0 Å². The zero-order chi connectivity index (χ0) is 19.5. The van der Waals surface area contributed by atoms with Gasteiger partial charge in [0.05, 0.1) is 6.54 Å². The summed E-state index contributed by atoms with van der Waals surface area (Å²) in [6, 6.07) is 15.2. The normalized spacial score (nSPS) is 15.4. The third-order valence-corrected chi connectivity index (χ3v) is 4.73. The number of nitrogens with zero attached hydrogens (tertiary/aromatic N) is 3. The van der Waals surface area contributed by atoms with Gasteiger partial charge >= 0.3 is 0 Å². The lowest BCUT2D eigenvalue weighted by atomic mass is 10.1. The Morgan fingerprint density at radius 3 is 2.68 bits per heavy atom. The minimum absolute atomic E-state index is 0.0705. The van der Waals surface area contributed by atoms with Crippen LogP contribution >= 0.6 is 0 Å². The fourth-order valence-corrected chi connectivity index (χ4v) is 3.24. The molecule has 2 heterocycles. The first-order valence-corrected chi connectivity index (χ1v) is 9.16. The number of hydrogen-bond acceptors (Lipinski definition) is 5. The molecule has 0 unspecified atom stereocenters. The molecule has 0 atom stereocenters. The molecule has 7 nitrogen and oxygen atoms in total. The first-order valence-electron chi connectivity index (χ1n) is 9.16. The van der Waals surface area contributed by atoms with E-state index >= 15 is 0 Å². The average molecular weight is 379 g/mol. The number of hydrogen-bond donors (Lipinski definition) is 0. The molecular formula is C21H21N3O4. The van der Waals surface area contributed by atoms with Gasteiger partial charge in [0.2, 0.25) is 12.7 Å². The largest absolute Gasteiger partial charge is 0.454 e. The lowest BCUT2D eigenvalue weighted by Crippen LogP contribution is -2.39. The molecule has 0 fully saturated rings. The van der Waals surface area contributed by atoms with Gasteiger partial charge in [-0.2, -0.15) is 5.10 Å². The van der Waals surface area contributed by atoms with Crippen molar-refractivity contribution in [2.75, 3.05) is 13.8 Å². The quantitative estimate of drug-likeness (QED) is 0.800. The molecule has 0 saturated carbocycles. The minimum atomic E-state index is -0.178. The minimum Gasteiger partial charge on any atom is -0.454 e. The number of ether oxygens (including phenoxy) is 2. The molecule has 0 spiro atoms. The number of hydrazone groups is 1. The van der Waals surface area contributed by atoms with Gasteiger partial charge in [-0.15, -0.1) is 0 Å². The second-order valence-corrected chi connectivity index (χ2v) is 6.83. The molecule has 0 aliphatic carbocycles. The Morgan fingerprint density at radius 1 is 1.07 bits per heavy atom. The van der Waals surface area contributed by atoms with Gasteiger partial charge in [-0.1, -0.05) is 36.4 Å². The number of fused-ring (bicyclic) bond motifs is 1. The molecule has 28 heavy (non-hydrogen) atoms. The van der Waals surface area contributed by atoms with E-state index in [-0.39, 0.29) is 25.0 Å². The SMILES string of the molecule is CN(Cc1ccc2c(c1)OCO2)C(=O)C1=NN(Cc2ccccc2)C(=O)CC1. The van der Waals surface area contributed by atoms with Crippen molar-refractivity contribution in [2.24, 2.45) is 5.10 Å². The van der Waals surface area contributed by atoms with Crippen molar-refractivity contribution in [2.45, 2.75) is 25.9 Å². The maximum Gasteiger partial charge on any atom is 0.270 e. The average Bonchev–Trinajstić information content (AvgIpc) is 3.18. The summed E-state index contributed by atoms with van der Waals surface area (Å²) < 4.78 is 10.7. The molecule has 0 radical (unpaired) electrons. The third kappa shape index (κ3) is 3.83. The smallest absolute Gasteiger partial charge is 0.270 e.